The molecule has 2 unspecified atom stereocenters. The van der Waals surface area contributed by atoms with E-state index in [0.717, 1.165) is 5.56 Å². The summed E-state index contributed by atoms with van der Waals surface area (Å²) in [7, 11) is 0. The van der Waals surface area contributed by atoms with Crippen LogP contribution in [0.5, 0.6) is 5.75 Å². The van der Waals surface area contributed by atoms with Gasteiger partial charge >= 0.3 is 5.97 Å². The average Bonchev–Trinajstić information content (AvgIpc) is 2.36. The number of ether oxygens (including phenoxy) is 1. The highest BCUT2D eigenvalue weighted by Crippen LogP contribution is 2.26. The Labute approximate surface area is 131 Å². The summed E-state index contributed by atoms with van der Waals surface area (Å²) in [6.07, 6.45) is -0.802. The van der Waals surface area contributed by atoms with E-state index in [9.17, 15) is 9.59 Å². The molecule has 5 heteroatoms. The Morgan fingerprint density at radius 1 is 1.27 bits per heavy atom. The lowest BCUT2D eigenvalue weighted by atomic mass is 9.87. The molecule has 1 rings (SSSR count). The molecule has 0 radical (unpaired) electrons. The second-order valence-electron chi connectivity index (χ2n) is 6.55. The first kappa shape index (κ1) is 18.0. The van der Waals surface area contributed by atoms with Crippen molar-refractivity contribution in [2.75, 3.05) is 0 Å². The van der Waals surface area contributed by atoms with Gasteiger partial charge in [0.15, 0.2) is 6.10 Å². The van der Waals surface area contributed by atoms with E-state index in [1.807, 2.05) is 18.2 Å². The number of carbonyl (C=O) groups excluding carboxylic acids is 1. The van der Waals surface area contributed by atoms with Gasteiger partial charge in [0, 0.05) is 6.04 Å². The van der Waals surface area contributed by atoms with Crippen molar-refractivity contribution in [3.63, 3.8) is 0 Å². The fraction of sp³-hybridized carbons (Fsp3) is 0.529. The lowest BCUT2D eigenvalue weighted by molar-refractivity contribution is -0.137. The van der Waals surface area contributed by atoms with Crippen LogP contribution >= 0.6 is 0 Å². The van der Waals surface area contributed by atoms with Gasteiger partial charge in [0.2, 0.25) is 0 Å². The third-order valence-electron chi connectivity index (χ3n) is 3.25. The molecule has 122 valence electrons. The fourth-order valence-electron chi connectivity index (χ4n) is 1.97. The SMILES string of the molecule is CC(CC(=O)O)NC(=O)C(C)Oc1cccc(C(C)(C)C)c1. The molecule has 1 amide bonds. The van der Waals surface area contributed by atoms with Crippen LogP contribution in [0.25, 0.3) is 0 Å². The Balaban J connectivity index is 2.66. The van der Waals surface area contributed by atoms with Crippen molar-refractivity contribution in [1.29, 1.82) is 0 Å². The fourth-order valence-corrected chi connectivity index (χ4v) is 1.97. The lowest BCUT2D eigenvalue weighted by Gasteiger charge is -2.21. The minimum absolute atomic E-state index is 0.000862. The molecular formula is C17H25NO4. The summed E-state index contributed by atoms with van der Waals surface area (Å²) >= 11 is 0. The van der Waals surface area contributed by atoms with E-state index >= 15 is 0 Å². The smallest absolute Gasteiger partial charge is 0.305 e. The third kappa shape index (κ3) is 5.76. The van der Waals surface area contributed by atoms with Gasteiger partial charge in [0.25, 0.3) is 5.91 Å². The number of benzene rings is 1. The summed E-state index contributed by atoms with van der Waals surface area (Å²) in [5.41, 5.74) is 1.12. The largest absolute Gasteiger partial charge is 0.481 e. The van der Waals surface area contributed by atoms with Gasteiger partial charge in [-0.15, -0.1) is 0 Å². The van der Waals surface area contributed by atoms with Crippen LogP contribution in [-0.2, 0) is 15.0 Å². The average molecular weight is 307 g/mol. The predicted molar refractivity (Wildman–Crippen MR) is 85.1 cm³/mol. The van der Waals surface area contributed by atoms with Crippen LogP contribution in [0.15, 0.2) is 24.3 Å². The number of hydrogen-bond acceptors (Lipinski definition) is 3. The number of carboxylic acid groups (broad SMARTS) is 1. The molecule has 2 N–H and O–H groups in total. The van der Waals surface area contributed by atoms with E-state index in [2.05, 4.69) is 26.1 Å². The van der Waals surface area contributed by atoms with Crippen molar-refractivity contribution in [3.8, 4) is 5.75 Å². The second kappa shape index (κ2) is 7.29. The zero-order valence-electron chi connectivity index (χ0n) is 13.8. The molecule has 22 heavy (non-hydrogen) atoms. The number of carbonyl (C=O) groups is 2. The third-order valence-corrected chi connectivity index (χ3v) is 3.25. The molecule has 0 heterocycles. The second-order valence-corrected chi connectivity index (χ2v) is 6.55. The molecular weight excluding hydrogens is 282 g/mol. The lowest BCUT2D eigenvalue weighted by Crippen LogP contribution is -2.42. The van der Waals surface area contributed by atoms with Crippen molar-refractivity contribution in [3.05, 3.63) is 29.8 Å². The summed E-state index contributed by atoms with van der Waals surface area (Å²) in [6, 6.07) is 7.21. The van der Waals surface area contributed by atoms with Crippen LogP contribution in [0.2, 0.25) is 0 Å². The van der Waals surface area contributed by atoms with Gasteiger partial charge in [0.05, 0.1) is 6.42 Å². The molecule has 0 aliphatic rings. The molecule has 0 saturated carbocycles. The van der Waals surface area contributed by atoms with Crippen molar-refractivity contribution in [2.24, 2.45) is 0 Å². The van der Waals surface area contributed by atoms with Crippen LogP contribution in [0, 0.1) is 0 Å². The molecule has 1 aromatic carbocycles. The molecule has 0 spiro atoms. The van der Waals surface area contributed by atoms with E-state index in [0.29, 0.717) is 5.75 Å². The number of nitrogens with one attached hydrogen (secondary N) is 1. The predicted octanol–water partition coefficient (Wildman–Crippen LogP) is 2.73. The summed E-state index contributed by atoms with van der Waals surface area (Å²) in [5, 5.41) is 11.3. The van der Waals surface area contributed by atoms with Gasteiger partial charge in [-0.3, -0.25) is 9.59 Å². The number of carboxylic acids is 1. The van der Waals surface area contributed by atoms with E-state index in [-0.39, 0.29) is 17.7 Å². The quantitative estimate of drug-likeness (QED) is 0.847. The monoisotopic (exact) mass is 307 g/mol. The molecule has 0 fully saturated rings. The zero-order chi connectivity index (χ0) is 16.9. The first-order valence-electron chi connectivity index (χ1n) is 7.39. The molecule has 0 saturated heterocycles. The minimum atomic E-state index is -0.945. The Bertz CT molecular complexity index is 534. The summed E-state index contributed by atoms with van der Waals surface area (Å²) in [6.45, 7) is 9.62. The summed E-state index contributed by atoms with van der Waals surface area (Å²) in [4.78, 5) is 22.6. The number of amides is 1. The van der Waals surface area contributed by atoms with E-state index in [1.54, 1.807) is 19.9 Å². The molecule has 2 atom stereocenters. The normalized spacial score (nSPS) is 14.0. The molecule has 0 aliphatic carbocycles. The molecule has 1 aromatic rings. The van der Waals surface area contributed by atoms with Crippen LogP contribution in [-0.4, -0.2) is 29.1 Å². The molecule has 5 nitrogen and oxygen atoms in total. The van der Waals surface area contributed by atoms with Crippen molar-refractivity contribution in [1.82, 2.24) is 5.32 Å². The Kier molecular flexibility index (Phi) is 5.97. The maximum Gasteiger partial charge on any atom is 0.305 e. The summed E-state index contributed by atoms with van der Waals surface area (Å²) in [5.74, 6) is -0.643. The maximum atomic E-state index is 12.0. The van der Waals surface area contributed by atoms with Gasteiger partial charge in [-0.1, -0.05) is 32.9 Å². The van der Waals surface area contributed by atoms with Crippen LogP contribution in [0.3, 0.4) is 0 Å². The molecule has 0 aliphatic heterocycles. The highest BCUT2D eigenvalue weighted by atomic mass is 16.5. The van der Waals surface area contributed by atoms with Gasteiger partial charge in [-0.25, -0.2) is 0 Å². The van der Waals surface area contributed by atoms with Crippen molar-refractivity contribution >= 4 is 11.9 Å². The Morgan fingerprint density at radius 3 is 2.45 bits per heavy atom. The Morgan fingerprint density at radius 2 is 1.91 bits per heavy atom. The number of rotatable bonds is 6. The standard InChI is InChI=1S/C17H25NO4/c1-11(9-15(19)20)18-16(21)12(2)22-14-8-6-7-13(10-14)17(3,4)5/h6-8,10-12H,9H2,1-5H3,(H,18,21)(H,19,20). The minimum Gasteiger partial charge on any atom is -0.481 e. The van der Waals surface area contributed by atoms with Crippen LogP contribution < -0.4 is 10.1 Å². The van der Waals surface area contributed by atoms with Gasteiger partial charge in [0.1, 0.15) is 5.75 Å². The summed E-state index contributed by atoms with van der Waals surface area (Å²) < 4.78 is 5.66. The first-order chi connectivity index (χ1) is 10.1. The number of aliphatic carboxylic acids is 1. The van der Waals surface area contributed by atoms with E-state index in [1.165, 1.54) is 0 Å². The number of hydrogen-bond donors (Lipinski definition) is 2. The van der Waals surface area contributed by atoms with Gasteiger partial charge < -0.3 is 15.2 Å². The molecule has 0 bridgehead atoms. The van der Waals surface area contributed by atoms with Gasteiger partial charge in [-0.05, 0) is 37.0 Å². The van der Waals surface area contributed by atoms with Crippen LogP contribution in [0.4, 0.5) is 0 Å². The van der Waals surface area contributed by atoms with Crippen LogP contribution in [0.1, 0.15) is 46.6 Å². The molecule has 0 aromatic heterocycles. The first-order valence-corrected chi connectivity index (χ1v) is 7.39. The topological polar surface area (TPSA) is 75.6 Å². The maximum absolute atomic E-state index is 12.0. The van der Waals surface area contributed by atoms with E-state index < -0.39 is 18.1 Å². The highest BCUT2D eigenvalue weighted by molar-refractivity contribution is 5.81. The van der Waals surface area contributed by atoms with Crippen molar-refractivity contribution < 1.29 is 19.4 Å². The van der Waals surface area contributed by atoms with Gasteiger partial charge in [-0.2, -0.15) is 0 Å². The van der Waals surface area contributed by atoms with Crippen molar-refractivity contribution in [2.45, 2.75) is 58.6 Å². The van der Waals surface area contributed by atoms with E-state index in [4.69, 9.17) is 9.84 Å². The Hall–Kier alpha value is -2.04. The highest BCUT2D eigenvalue weighted by Gasteiger charge is 2.19. The zero-order valence-corrected chi connectivity index (χ0v) is 13.8.